The van der Waals surface area contributed by atoms with E-state index in [2.05, 4.69) is 53.8 Å². The normalized spacial score (nSPS) is 24.1. The van der Waals surface area contributed by atoms with Crippen LogP contribution < -0.4 is 11.5 Å². The number of allylic oxidation sites excluding steroid dienone is 1. The van der Waals surface area contributed by atoms with E-state index < -0.39 is 0 Å². The molecule has 4 heteroatoms. The average molecular weight is 356 g/mol. The van der Waals surface area contributed by atoms with Crippen LogP contribution in [0.25, 0.3) is 15.8 Å². The molecule has 1 aromatic heterocycles. The molecule has 0 fully saturated rings. The van der Waals surface area contributed by atoms with E-state index in [1.54, 1.807) is 11.3 Å². The Morgan fingerprint density at radius 3 is 2.76 bits per heavy atom. The van der Waals surface area contributed by atoms with Gasteiger partial charge in [0.25, 0.3) is 0 Å². The summed E-state index contributed by atoms with van der Waals surface area (Å²) < 4.78 is 1.33. The van der Waals surface area contributed by atoms with Gasteiger partial charge in [0.2, 0.25) is 0 Å². The number of nitrogens with two attached hydrogens (primary N) is 2. The van der Waals surface area contributed by atoms with E-state index in [0.717, 1.165) is 22.7 Å². The van der Waals surface area contributed by atoms with Crippen LogP contribution in [-0.4, -0.2) is 0 Å². The summed E-state index contributed by atoms with van der Waals surface area (Å²) in [6.07, 6.45) is 0.827. The Balaban J connectivity index is 2.44. The molecule has 1 aliphatic carbocycles. The van der Waals surface area contributed by atoms with Crippen molar-refractivity contribution in [2.24, 2.45) is 11.5 Å². The first-order valence-corrected chi connectivity index (χ1v) is 7.35. The zero-order chi connectivity index (χ0) is 12.2. The topological polar surface area (TPSA) is 52.0 Å². The number of halogens is 1. The van der Waals surface area contributed by atoms with Crippen LogP contribution >= 0.6 is 33.9 Å². The molecular weight excluding hydrogens is 343 g/mol. The predicted octanol–water partition coefficient (Wildman–Crippen LogP) is 3.54. The molecule has 2 nitrogen and oxygen atoms in total. The van der Waals surface area contributed by atoms with Crippen molar-refractivity contribution in [2.45, 2.75) is 16.8 Å². The van der Waals surface area contributed by atoms with Gasteiger partial charge in [-0.05, 0) is 23.9 Å². The molecule has 1 aliphatic rings. The van der Waals surface area contributed by atoms with Crippen molar-refractivity contribution < 1.29 is 0 Å². The van der Waals surface area contributed by atoms with Crippen molar-refractivity contribution in [3.05, 3.63) is 40.4 Å². The van der Waals surface area contributed by atoms with Gasteiger partial charge in [0.1, 0.15) is 0 Å². The molecule has 17 heavy (non-hydrogen) atoms. The quantitative estimate of drug-likeness (QED) is 0.560. The number of rotatable bonds is 0. The van der Waals surface area contributed by atoms with Gasteiger partial charge >= 0.3 is 0 Å². The number of hydrogen-bond acceptors (Lipinski definition) is 3. The highest BCUT2D eigenvalue weighted by molar-refractivity contribution is 14.1. The minimum absolute atomic E-state index is 0.0413. The SMILES string of the molecule is CC1(I)CC(N)=C(N)c2sc3ccccc3c21. The summed E-state index contributed by atoms with van der Waals surface area (Å²) in [6, 6.07) is 8.48. The van der Waals surface area contributed by atoms with E-state index in [1.165, 1.54) is 15.6 Å². The number of benzene rings is 1. The van der Waals surface area contributed by atoms with E-state index in [4.69, 9.17) is 11.5 Å². The van der Waals surface area contributed by atoms with Crippen LogP contribution in [0.2, 0.25) is 0 Å². The molecule has 0 radical (unpaired) electrons. The zero-order valence-electron chi connectivity index (χ0n) is 9.46. The number of hydrogen-bond donors (Lipinski definition) is 2. The van der Waals surface area contributed by atoms with Crippen molar-refractivity contribution in [3.8, 4) is 0 Å². The van der Waals surface area contributed by atoms with Crippen molar-refractivity contribution in [1.29, 1.82) is 0 Å². The summed E-state index contributed by atoms with van der Waals surface area (Å²) in [5, 5.41) is 1.32. The van der Waals surface area contributed by atoms with Gasteiger partial charge in [0, 0.05) is 16.8 Å². The lowest BCUT2D eigenvalue weighted by atomic mass is 9.88. The lowest BCUT2D eigenvalue weighted by Crippen LogP contribution is -2.25. The third-order valence-electron chi connectivity index (χ3n) is 3.23. The molecule has 0 saturated heterocycles. The molecule has 4 N–H and O–H groups in total. The summed E-state index contributed by atoms with van der Waals surface area (Å²) in [7, 11) is 0. The maximum atomic E-state index is 6.14. The van der Waals surface area contributed by atoms with E-state index in [0.29, 0.717) is 0 Å². The Morgan fingerprint density at radius 2 is 2.00 bits per heavy atom. The van der Waals surface area contributed by atoms with Gasteiger partial charge in [0.05, 0.1) is 14.0 Å². The van der Waals surface area contributed by atoms with Crippen molar-refractivity contribution >= 4 is 49.7 Å². The van der Waals surface area contributed by atoms with Crippen LogP contribution in [-0.2, 0) is 3.42 Å². The van der Waals surface area contributed by atoms with Crippen LogP contribution in [0.15, 0.2) is 30.0 Å². The molecule has 0 saturated carbocycles. The van der Waals surface area contributed by atoms with Gasteiger partial charge in [0.15, 0.2) is 0 Å². The molecule has 88 valence electrons. The maximum absolute atomic E-state index is 6.14. The van der Waals surface area contributed by atoms with Gasteiger partial charge in [-0.3, -0.25) is 0 Å². The molecule has 1 heterocycles. The molecule has 0 aliphatic heterocycles. The van der Waals surface area contributed by atoms with E-state index in [9.17, 15) is 0 Å². The standard InChI is InChI=1S/C13H13IN2S/c1-13(14)6-8(15)11(16)12-10(13)7-4-2-3-5-9(7)17-12/h2-5H,6,15-16H2,1H3. The minimum atomic E-state index is 0.0413. The number of thiophene rings is 1. The van der Waals surface area contributed by atoms with Crippen LogP contribution in [0.3, 0.4) is 0 Å². The molecule has 0 spiro atoms. The van der Waals surface area contributed by atoms with Gasteiger partial charge in [-0.15, -0.1) is 11.3 Å². The molecule has 1 unspecified atom stereocenters. The number of alkyl halides is 1. The van der Waals surface area contributed by atoms with Gasteiger partial charge in [-0.25, -0.2) is 0 Å². The highest BCUT2D eigenvalue weighted by Crippen LogP contribution is 2.50. The monoisotopic (exact) mass is 356 g/mol. The third kappa shape index (κ3) is 1.57. The summed E-state index contributed by atoms with van der Waals surface area (Å²) in [6.45, 7) is 2.23. The molecule has 1 atom stereocenters. The highest BCUT2D eigenvalue weighted by Gasteiger charge is 2.35. The first kappa shape index (κ1) is 11.3. The summed E-state index contributed by atoms with van der Waals surface area (Å²) >= 11 is 4.24. The molecule has 3 rings (SSSR count). The fourth-order valence-electron chi connectivity index (χ4n) is 2.44. The lowest BCUT2D eigenvalue weighted by Gasteiger charge is -2.29. The molecule has 0 bridgehead atoms. The van der Waals surface area contributed by atoms with Crippen LogP contribution in [0.1, 0.15) is 23.8 Å². The summed E-state index contributed by atoms with van der Waals surface area (Å²) in [4.78, 5) is 1.16. The molecule has 2 aromatic rings. The van der Waals surface area contributed by atoms with Crippen molar-refractivity contribution in [1.82, 2.24) is 0 Å². The van der Waals surface area contributed by atoms with E-state index in [-0.39, 0.29) is 3.42 Å². The van der Waals surface area contributed by atoms with Crippen LogP contribution in [0, 0.1) is 0 Å². The van der Waals surface area contributed by atoms with E-state index in [1.807, 2.05) is 0 Å². The first-order chi connectivity index (χ1) is 8.00. The number of fused-ring (bicyclic) bond motifs is 3. The second-order valence-corrected chi connectivity index (χ2v) is 8.05. The Labute approximate surface area is 118 Å². The van der Waals surface area contributed by atoms with Crippen LogP contribution in [0.5, 0.6) is 0 Å². The van der Waals surface area contributed by atoms with Gasteiger partial charge < -0.3 is 11.5 Å². The lowest BCUT2D eigenvalue weighted by molar-refractivity contribution is 0.708. The van der Waals surface area contributed by atoms with E-state index >= 15 is 0 Å². The maximum Gasteiger partial charge on any atom is 0.0684 e. The predicted molar refractivity (Wildman–Crippen MR) is 83.1 cm³/mol. The average Bonchev–Trinajstić information content (AvgIpc) is 2.65. The third-order valence-corrected chi connectivity index (χ3v) is 5.35. The smallest absolute Gasteiger partial charge is 0.0684 e. The second-order valence-electron chi connectivity index (χ2n) is 4.62. The fraction of sp³-hybridized carbons (Fsp3) is 0.231. The Morgan fingerprint density at radius 1 is 1.29 bits per heavy atom. The molecular formula is C13H13IN2S. The Hall–Kier alpha value is -0.750. The first-order valence-electron chi connectivity index (χ1n) is 5.46. The summed E-state index contributed by atoms with van der Waals surface area (Å²) in [5.41, 5.74) is 15.1. The second kappa shape index (κ2) is 3.62. The van der Waals surface area contributed by atoms with Crippen LogP contribution in [0.4, 0.5) is 0 Å². The molecule has 1 aromatic carbocycles. The van der Waals surface area contributed by atoms with Crippen molar-refractivity contribution in [2.75, 3.05) is 0 Å². The summed E-state index contributed by atoms with van der Waals surface area (Å²) in [5.74, 6) is 0. The Bertz CT molecular complexity index is 640. The minimum Gasteiger partial charge on any atom is -0.400 e. The highest BCUT2D eigenvalue weighted by atomic mass is 127. The molecule has 0 amide bonds. The fourth-order valence-corrected chi connectivity index (χ4v) is 4.92. The van der Waals surface area contributed by atoms with Gasteiger partial charge in [-0.2, -0.15) is 0 Å². The Kier molecular flexibility index (Phi) is 2.42. The van der Waals surface area contributed by atoms with Gasteiger partial charge in [-0.1, -0.05) is 40.8 Å². The largest absolute Gasteiger partial charge is 0.400 e. The van der Waals surface area contributed by atoms with Crippen molar-refractivity contribution in [3.63, 3.8) is 0 Å². The zero-order valence-corrected chi connectivity index (χ0v) is 12.4.